The normalized spacial score (nSPS) is 10.2. The number of hydrogen-bond acceptors (Lipinski definition) is 5. The number of ether oxygens (including phenoxy) is 2. The van der Waals surface area contributed by atoms with Gasteiger partial charge < -0.3 is 14.8 Å². The van der Waals surface area contributed by atoms with Crippen LogP contribution < -0.4 is 15.4 Å². The van der Waals surface area contributed by atoms with Crippen LogP contribution in [0.4, 0.5) is 9.18 Å². The van der Waals surface area contributed by atoms with E-state index in [2.05, 4.69) is 10.1 Å². The van der Waals surface area contributed by atoms with Crippen LogP contribution in [0.5, 0.6) is 5.75 Å². The van der Waals surface area contributed by atoms with Crippen molar-refractivity contribution in [3.05, 3.63) is 29.6 Å². The molecule has 0 atom stereocenters. The van der Waals surface area contributed by atoms with Crippen LogP contribution >= 0.6 is 0 Å². The SMILES string of the molecule is COc1ccc(C(=O)OCC(=O)NC(=O)NCCC(C)C)c(F)c1. The van der Waals surface area contributed by atoms with E-state index in [1.54, 1.807) is 0 Å². The second-order valence-electron chi connectivity index (χ2n) is 5.41. The maximum atomic E-state index is 13.7. The molecule has 0 aliphatic carbocycles. The van der Waals surface area contributed by atoms with E-state index < -0.39 is 30.3 Å². The lowest BCUT2D eigenvalue weighted by atomic mass is 10.1. The number of methoxy groups -OCH3 is 1. The molecule has 1 rings (SSSR count). The summed E-state index contributed by atoms with van der Waals surface area (Å²) in [7, 11) is 1.36. The molecule has 0 fully saturated rings. The Hall–Kier alpha value is -2.64. The third kappa shape index (κ3) is 6.64. The topological polar surface area (TPSA) is 93.7 Å². The summed E-state index contributed by atoms with van der Waals surface area (Å²) in [6, 6.07) is 2.93. The fourth-order valence-corrected chi connectivity index (χ4v) is 1.68. The number of rotatable bonds is 7. The number of benzene rings is 1. The van der Waals surface area contributed by atoms with Crippen molar-refractivity contribution in [3.8, 4) is 5.75 Å². The van der Waals surface area contributed by atoms with Crippen molar-refractivity contribution in [2.24, 2.45) is 5.92 Å². The van der Waals surface area contributed by atoms with Crippen molar-refractivity contribution in [2.75, 3.05) is 20.3 Å². The van der Waals surface area contributed by atoms with Gasteiger partial charge in [-0.15, -0.1) is 0 Å². The molecule has 132 valence electrons. The van der Waals surface area contributed by atoms with Crippen molar-refractivity contribution in [2.45, 2.75) is 20.3 Å². The molecule has 0 aliphatic rings. The summed E-state index contributed by atoms with van der Waals surface area (Å²) in [6.45, 7) is 3.74. The molecule has 0 bridgehead atoms. The van der Waals surface area contributed by atoms with Crippen LogP contribution in [0, 0.1) is 11.7 Å². The molecule has 24 heavy (non-hydrogen) atoms. The number of urea groups is 1. The van der Waals surface area contributed by atoms with E-state index in [4.69, 9.17) is 4.74 Å². The molecule has 0 radical (unpaired) electrons. The van der Waals surface area contributed by atoms with Gasteiger partial charge >= 0.3 is 12.0 Å². The van der Waals surface area contributed by atoms with Crippen LogP contribution in [-0.4, -0.2) is 38.2 Å². The second-order valence-corrected chi connectivity index (χ2v) is 5.41. The Bertz CT molecular complexity index is 604. The highest BCUT2D eigenvalue weighted by Gasteiger charge is 2.16. The molecule has 0 heterocycles. The first-order valence-electron chi connectivity index (χ1n) is 7.41. The molecule has 0 aromatic heterocycles. The number of carbonyl (C=O) groups is 3. The third-order valence-corrected chi connectivity index (χ3v) is 2.99. The summed E-state index contributed by atoms with van der Waals surface area (Å²) in [4.78, 5) is 34.6. The fourth-order valence-electron chi connectivity index (χ4n) is 1.68. The van der Waals surface area contributed by atoms with Gasteiger partial charge in [-0.05, 0) is 24.5 Å². The predicted molar refractivity (Wildman–Crippen MR) is 84.2 cm³/mol. The van der Waals surface area contributed by atoms with E-state index >= 15 is 0 Å². The molecule has 2 N–H and O–H groups in total. The molecule has 0 aliphatic heterocycles. The van der Waals surface area contributed by atoms with Gasteiger partial charge in [-0.3, -0.25) is 10.1 Å². The first-order valence-corrected chi connectivity index (χ1v) is 7.41. The smallest absolute Gasteiger partial charge is 0.341 e. The van der Waals surface area contributed by atoms with Crippen LogP contribution in [-0.2, 0) is 9.53 Å². The molecule has 1 aromatic rings. The Morgan fingerprint density at radius 3 is 2.54 bits per heavy atom. The van der Waals surface area contributed by atoms with Gasteiger partial charge in [0.15, 0.2) is 6.61 Å². The van der Waals surface area contributed by atoms with Gasteiger partial charge in [-0.1, -0.05) is 13.8 Å². The third-order valence-electron chi connectivity index (χ3n) is 2.99. The Balaban J connectivity index is 2.41. The van der Waals surface area contributed by atoms with E-state index in [9.17, 15) is 18.8 Å². The van der Waals surface area contributed by atoms with Gasteiger partial charge in [0, 0.05) is 12.6 Å². The lowest BCUT2D eigenvalue weighted by Crippen LogP contribution is -2.42. The van der Waals surface area contributed by atoms with Crippen LogP contribution in [0.15, 0.2) is 18.2 Å². The lowest BCUT2D eigenvalue weighted by molar-refractivity contribution is -0.123. The second kappa shape index (κ2) is 9.49. The number of esters is 1. The highest BCUT2D eigenvalue weighted by atomic mass is 19.1. The van der Waals surface area contributed by atoms with E-state index in [1.807, 2.05) is 19.2 Å². The summed E-state index contributed by atoms with van der Waals surface area (Å²) >= 11 is 0. The van der Waals surface area contributed by atoms with Gasteiger partial charge in [0.25, 0.3) is 5.91 Å². The fraction of sp³-hybridized carbons (Fsp3) is 0.438. The first kappa shape index (κ1) is 19.4. The van der Waals surface area contributed by atoms with E-state index in [-0.39, 0.29) is 11.3 Å². The number of amides is 3. The maximum Gasteiger partial charge on any atom is 0.341 e. The van der Waals surface area contributed by atoms with E-state index in [0.717, 1.165) is 12.5 Å². The molecule has 3 amide bonds. The van der Waals surface area contributed by atoms with Crippen LogP contribution in [0.25, 0.3) is 0 Å². The van der Waals surface area contributed by atoms with Crippen LogP contribution in [0.3, 0.4) is 0 Å². The molecule has 0 unspecified atom stereocenters. The Kier molecular flexibility index (Phi) is 7.67. The zero-order chi connectivity index (χ0) is 18.1. The minimum absolute atomic E-state index is 0.250. The average Bonchev–Trinajstić information content (AvgIpc) is 2.52. The number of halogens is 1. The summed E-state index contributed by atoms with van der Waals surface area (Å²) in [5.41, 5.74) is -0.329. The minimum atomic E-state index is -1.01. The zero-order valence-electron chi connectivity index (χ0n) is 13.8. The lowest BCUT2D eigenvalue weighted by Gasteiger charge is -2.09. The summed E-state index contributed by atoms with van der Waals surface area (Å²) < 4.78 is 23.2. The minimum Gasteiger partial charge on any atom is -0.497 e. The van der Waals surface area contributed by atoms with Crippen LogP contribution in [0.1, 0.15) is 30.6 Å². The monoisotopic (exact) mass is 340 g/mol. The standard InChI is InChI=1S/C16H21FN2O5/c1-10(2)6-7-18-16(22)19-14(20)9-24-15(21)12-5-4-11(23-3)8-13(12)17/h4-5,8,10H,6-7,9H2,1-3H3,(H2,18,19,20,22). The van der Waals surface area contributed by atoms with E-state index in [0.29, 0.717) is 12.5 Å². The van der Waals surface area contributed by atoms with Gasteiger partial charge in [0.1, 0.15) is 11.6 Å². The summed E-state index contributed by atoms with van der Waals surface area (Å²) in [5, 5.41) is 4.51. The van der Waals surface area contributed by atoms with Crippen molar-refractivity contribution < 1.29 is 28.2 Å². The molecular weight excluding hydrogens is 319 g/mol. The predicted octanol–water partition coefficient (Wildman–Crippen LogP) is 1.86. The number of imide groups is 1. The van der Waals surface area contributed by atoms with Crippen molar-refractivity contribution in [1.82, 2.24) is 10.6 Å². The largest absolute Gasteiger partial charge is 0.497 e. The van der Waals surface area contributed by atoms with Crippen molar-refractivity contribution in [1.29, 1.82) is 0 Å². The average molecular weight is 340 g/mol. The quantitative estimate of drug-likeness (QED) is 0.739. The number of nitrogens with one attached hydrogen (secondary N) is 2. The zero-order valence-corrected chi connectivity index (χ0v) is 13.8. The molecule has 7 nitrogen and oxygen atoms in total. The van der Waals surface area contributed by atoms with Gasteiger partial charge in [-0.2, -0.15) is 0 Å². The molecule has 0 saturated heterocycles. The van der Waals surface area contributed by atoms with E-state index in [1.165, 1.54) is 19.2 Å². The highest BCUT2D eigenvalue weighted by Crippen LogP contribution is 2.16. The molecule has 1 aromatic carbocycles. The van der Waals surface area contributed by atoms with Gasteiger partial charge in [0.05, 0.1) is 12.7 Å². The molecule has 0 saturated carbocycles. The van der Waals surface area contributed by atoms with Crippen molar-refractivity contribution >= 4 is 17.9 Å². The molecule has 8 heteroatoms. The maximum absolute atomic E-state index is 13.7. The summed E-state index contributed by atoms with van der Waals surface area (Å²) in [5.74, 6) is -1.97. The first-order chi connectivity index (χ1) is 11.3. The van der Waals surface area contributed by atoms with Crippen molar-refractivity contribution in [3.63, 3.8) is 0 Å². The van der Waals surface area contributed by atoms with Gasteiger partial charge in [-0.25, -0.2) is 14.0 Å². The number of carbonyl (C=O) groups excluding carboxylic acids is 3. The Morgan fingerprint density at radius 1 is 1.25 bits per heavy atom. The molecular formula is C16H21FN2O5. The molecule has 0 spiro atoms. The highest BCUT2D eigenvalue weighted by molar-refractivity contribution is 5.97. The summed E-state index contributed by atoms with van der Waals surface area (Å²) in [6.07, 6.45) is 0.771. The Labute approximate surface area is 139 Å². The van der Waals surface area contributed by atoms with Crippen LogP contribution in [0.2, 0.25) is 0 Å². The number of hydrogen-bond donors (Lipinski definition) is 2. The van der Waals surface area contributed by atoms with Gasteiger partial charge in [0.2, 0.25) is 0 Å². The Morgan fingerprint density at radius 2 is 1.96 bits per heavy atom.